The molecule has 4 nitrogen and oxygen atoms in total. The predicted octanol–water partition coefficient (Wildman–Crippen LogP) is 3.19. The van der Waals surface area contributed by atoms with Gasteiger partial charge in [0.15, 0.2) is 0 Å². The summed E-state index contributed by atoms with van der Waals surface area (Å²) in [6, 6.07) is 10.7. The summed E-state index contributed by atoms with van der Waals surface area (Å²) in [5.74, 6) is -2.36. The quantitative estimate of drug-likeness (QED) is 0.504. The number of benzene rings is 2. The first-order chi connectivity index (χ1) is 11.0. The lowest BCUT2D eigenvalue weighted by Gasteiger charge is -2.13. The zero-order chi connectivity index (χ0) is 16.6. The van der Waals surface area contributed by atoms with Gasteiger partial charge in [0, 0.05) is 10.6 Å². The fourth-order valence-corrected chi connectivity index (χ4v) is 2.56. The van der Waals surface area contributed by atoms with Crippen LogP contribution in [0.25, 0.3) is 5.76 Å². The third kappa shape index (κ3) is 2.83. The van der Waals surface area contributed by atoms with Gasteiger partial charge in [0.05, 0.1) is 11.6 Å². The van der Waals surface area contributed by atoms with E-state index in [4.69, 9.17) is 11.6 Å². The number of Topliss-reactive ketones (excluding diaryl/α,β-unsaturated/α-hetero) is 1. The van der Waals surface area contributed by atoms with Crippen LogP contribution in [-0.4, -0.2) is 16.8 Å². The van der Waals surface area contributed by atoms with Crippen molar-refractivity contribution in [3.05, 3.63) is 76.1 Å². The van der Waals surface area contributed by atoms with Crippen LogP contribution in [-0.2, 0) is 9.59 Å². The van der Waals surface area contributed by atoms with Crippen LogP contribution in [0.5, 0.6) is 0 Å². The molecule has 0 radical (unpaired) electrons. The second kappa shape index (κ2) is 5.85. The molecule has 1 heterocycles. The maximum Gasteiger partial charge on any atom is 0.293 e. The van der Waals surface area contributed by atoms with Crippen LogP contribution in [0.15, 0.2) is 54.1 Å². The molecule has 0 spiro atoms. The number of amides is 1. The summed E-state index contributed by atoms with van der Waals surface area (Å²) in [6.45, 7) is 0. The Kier molecular flexibility index (Phi) is 3.88. The Bertz CT molecular complexity index is 813. The molecule has 1 amide bonds. The van der Waals surface area contributed by atoms with Gasteiger partial charge in [-0.25, -0.2) is 4.39 Å². The molecule has 2 N–H and O–H groups in total. The molecule has 2 aromatic rings. The summed E-state index contributed by atoms with van der Waals surface area (Å²) in [7, 11) is 0. The summed E-state index contributed by atoms with van der Waals surface area (Å²) >= 11 is 5.80. The van der Waals surface area contributed by atoms with Crippen LogP contribution in [0.2, 0.25) is 5.02 Å². The molecule has 2 aromatic carbocycles. The Labute approximate surface area is 136 Å². The van der Waals surface area contributed by atoms with Crippen molar-refractivity contribution in [1.29, 1.82) is 0 Å². The van der Waals surface area contributed by atoms with Gasteiger partial charge in [0.2, 0.25) is 0 Å². The van der Waals surface area contributed by atoms with Gasteiger partial charge >= 0.3 is 0 Å². The number of carbonyl (C=O) groups is 2. The van der Waals surface area contributed by atoms with E-state index in [2.05, 4.69) is 5.32 Å². The molecule has 1 aliphatic heterocycles. The van der Waals surface area contributed by atoms with E-state index in [1.807, 2.05) is 0 Å². The van der Waals surface area contributed by atoms with Crippen molar-refractivity contribution in [2.75, 3.05) is 0 Å². The highest BCUT2D eigenvalue weighted by Crippen LogP contribution is 2.33. The Morgan fingerprint density at radius 1 is 1.04 bits per heavy atom. The fraction of sp³-hybridized carbons (Fsp3) is 0.0588. The fourth-order valence-electron chi connectivity index (χ4n) is 2.43. The number of nitrogens with one attached hydrogen (secondary N) is 1. The van der Waals surface area contributed by atoms with E-state index in [1.165, 1.54) is 24.3 Å². The second-order valence-electron chi connectivity index (χ2n) is 5.06. The second-order valence-corrected chi connectivity index (χ2v) is 5.49. The maximum atomic E-state index is 13.1. The topological polar surface area (TPSA) is 66.4 Å². The Hall–Kier alpha value is -2.66. The zero-order valence-electron chi connectivity index (χ0n) is 11.7. The summed E-state index contributed by atoms with van der Waals surface area (Å²) in [5, 5.41) is 13.4. The smallest absolute Gasteiger partial charge is 0.293 e. The molecule has 1 fully saturated rings. The van der Waals surface area contributed by atoms with Crippen LogP contribution in [0, 0.1) is 5.82 Å². The van der Waals surface area contributed by atoms with Crippen LogP contribution in [0.3, 0.4) is 0 Å². The molecular weight excluding hydrogens is 321 g/mol. The third-order valence-corrected chi connectivity index (χ3v) is 3.84. The summed E-state index contributed by atoms with van der Waals surface area (Å²) in [5.41, 5.74) is 0.798. The SMILES string of the molecule is O=C1N[C@@H](c2ccc(F)cc2)C(=C(O)c2ccc(Cl)cc2)C1=O. The summed E-state index contributed by atoms with van der Waals surface area (Å²) in [6.07, 6.45) is 0. The highest BCUT2D eigenvalue weighted by atomic mass is 35.5. The van der Waals surface area contributed by atoms with Gasteiger partial charge < -0.3 is 10.4 Å². The van der Waals surface area contributed by atoms with Gasteiger partial charge in [-0.05, 0) is 42.0 Å². The molecule has 0 saturated carbocycles. The summed E-state index contributed by atoms with van der Waals surface area (Å²) in [4.78, 5) is 23.8. The lowest BCUT2D eigenvalue weighted by atomic mass is 9.96. The lowest BCUT2D eigenvalue weighted by molar-refractivity contribution is -0.133. The molecule has 0 bridgehead atoms. The Balaban J connectivity index is 2.10. The van der Waals surface area contributed by atoms with Gasteiger partial charge in [-0.1, -0.05) is 23.7 Å². The molecule has 0 aliphatic carbocycles. The monoisotopic (exact) mass is 331 g/mol. The average Bonchev–Trinajstić information content (AvgIpc) is 2.84. The number of hydrogen-bond acceptors (Lipinski definition) is 3. The molecule has 1 aliphatic rings. The van der Waals surface area contributed by atoms with E-state index in [-0.39, 0.29) is 11.3 Å². The number of hydrogen-bond donors (Lipinski definition) is 2. The van der Waals surface area contributed by atoms with Crippen molar-refractivity contribution in [1.82, 2.24) is 5.32 Å². The van der Waals surface area contributed by atoms with Crippen molar-refractivity contribution in [3.8, 4) is 0 Å². The van der Waals surface area contributed by atoms with Gasteiger partial charge in [-0.3, -0.25) is 9.59 Å². The lowest BCUT2D eigenvalue weighted by Crippen LogP contribution is -2.21. The molecule has 3 rings (SSSR count). The highest BCUT2D eigenvalue weighted by molar-refractivity contribution is 6.46. The largest absolute Gasteiger partial charge is 0.507 e. The van der Waals surface area contributed by atoms with Crippen molar-refractivity contribution < 1.29 is 19.1 Å². The molecular formula is C17H11ClFNO3. The molecule has 116 valence electrons. The van der Waals surface area contributed by atoms with E-state index in [0.717, 1.165) is 0 Å². The Morgan fingerprint density at radius 2 is 1.65 bits per heavy atom. The molecule has 6 heteroatoms. The number of halogens is 2. The minimum Gasteiger partial charge on any atom is -0.507 e. The van der Waals surface area contributed by atoms with Crippen LogP contribution in [0.4, 0.5) is 4.39 Å². The van der Waals surface area contributed by atoms with Gasteiger partial charge in [-0.15, -0.1) is 0 Å². The van der Waals surface area contributed by atoms with Crippen LogP contribution < -0.4 is 5.32 Å². The van der Waals surface area contributed by atoms with Crippen molar-refractivity contribution in [3.63, 3.8) is 0 Å². The number of rotatable bonds is 2. The van der Waals surface area contributed by atoms with Crippen molar-refractivity contribution in [2.45, 2.75) is 6.04 Å². The minimum atomic E-state index is -0.828. The van der Waals surface area contributed by atoms with E-state index in [0.29, 0.717) is 16.1 Å². The number of aliphatic hydroxyl groups excluding tert-OH is 1. The molecule has 23 heavy (non-hydrogen) atoms. The highest BCUT2D eigenvalue weighted by Gasteiger charge is 2.39. The first kappa shape index (κ1) is 15.2. The number of aliphatic hydroxyl groups is 1. The maximum absolute atomic E-state index is 13.1. The third-order valence-electron chi connectivity index (χ3n) is 3.59. The number of ketones is 1. The molecule has 0 unspecified atom stereocenters. The zero-order valence-corrected chi connectivity index (χ0v) is 12.5. The van der Waals surface area contributed by atoms with Gasteiger partial charge in [-0.2, -0.15) is 0 Å². The predicted molar refractivity (Wildman–Crippen MR) is 83.3 cm³/mol. The Morgan fingerprint density at radius 3 is 2.26 bits per heavy atom. The molecule has 1 atom stereocenters. The first-order valence-electron chi connectivity index (χ1n) is 6.77. The molecule has 0 aromatic heterocycles. The van der Waals surface area contributed by atoms with Crippen LogP contribution >= 0.6 is 11.6 Å². The number of carbonyl (C=O) groups excluding carboxylic acids is 2. The van der Waals surface area contributed by atoms with E-state index < -0.39 is 23.5 Å². The van der Waals surface area contributed by atoms with E-state index in [1.54, 1.807) is 24.3 Å². The average molecular weight is 332 g/mol. The summed E-state index contributed by atoms with van der Waals surface area (Å²) < 4.78 is 13.1. The van der Waals surface area contributed by atoms with E-state index in [9.17, 15) is 19.1 Å². The minimum absolute atomic E-state index is 0.0658. The van der Waals surface area contributed by atoms with E-state index >= 15 is 0 Å². The standard InChI is InChI=1S/C17H11ClFNO3/c18-11-5-1-10(2-6-11)15(21)13-14(20-17(23)16(13)22)9-3-7-12(19)8-4-9/h1-8,14,21H,(H,20,23)/t14-/m0/s1. The molecule has 1 saturated heterocycles. The van der Waals surface area contributed by atoms with Gasteiger partial charge in [0.1, 0.15) is 11.6 Å². The first-order valence-corrected chi connectivity index (χ1v) is 7.15. The normalized spacial score (nSPS) is 19.7. The van der Waals surface area contributed by atoms with Crippen molar-refractivity contribution >= 4 is 29.1 Å². The van der Waals surface area contributed by atoms with Crippen molar-refractivity contribution in [2.24, 2.45) is 0 Å². The van der Waals surface area contributed by atoms with Gasteiger partial charge in [0.25, 0.3) is 11.7 Å². The van der Waals surface area contributed by atoms with Crippen LogP contribution in [0.1, 0.15) is 17.2 Å².